The molecule has 0 aliphatic carbocycles. The zero-order valence-electron chi connectivity index (χ0n) is 16.5. The zero-order chi connectivity index (χ0) is 19.9. The van der Waals surface area contributed by atoms with Gasteiger partial charge in [0, 0.05) is 31.7 Å². The van der Waals surface area contributed by atoms with Gasteiger partial charge >= 0.3 is 6.09 Å². The second kappa shape index (κ2) is 9.73. The van der Waals surface area contributed by atoms with E-state index < -0.39 is 0 Å². The van der Waals surface area contributed by atoms with E-state index in [1.165, 1.54) is 5.56 Å². The van der Waals surface area contributed by atoms with Gasteiger partial charge in [-0.1, -0.05) is 50.6 Å². The number of ether oxygens (including phenoxy) is 1. The van der Waals surface area contributed by atoms with E-state index in [9.17, 15) is 4.79 Å². The van der Waals surface area contributed by atoms with E-state index >= 15 is 0 Å². The van der Waals surface area contributed by atoms with Crippen LogP contribution in [0.2, 0.25) is 5.28 Å². The van der Waals surface area contributed by atoms with Gasteiger partial charge in [0.15, 0.2) is 0 Å². The van der Waals surface area contributed by atoms with Crippen LogP contribution >= 0.6 is 11.6 Å². The fourth-order valence-electron chi connectivity index (χ4n) is 3.46. The van der Waals surface area contributed by atoms with Gasteiger partial charge in [-0.3, -0.25) is 0 Å². The van der Waals surface area contributed by atoms with Crippen LogP contribution in [0.25, 0.3) is 0 Å². The Labute approximate surface area is 171 Å². The number of hydrogen-bond acceptors (Lipinski definition) is 5. The summed E-state index contributed by atoms with van der Waals surface area (Å²) in [6, 6.07) is 9.72. The van der Waals surface area contributed by atoms with Crippen LogP contribution in [0, 0.1) is 0 Å². The van der Waals surface area contributed by atoms with Crippen molar-refractivity contribution in [1.82, 2.24) is 14.9 Å². The van der Waals surface area contributed by atoms with Gasteiger partial charge in [0.2, 0.25) is 5.28 Å². The topological polar surface area (TPSA) is 58.6 Å². The molecule has 1 aliphatic heterocycles. The Balaban J connectivity index is 1.62. The number of nitrogens with zero attached hydrogens (tertiary/aromatic N) is 4. The molecule has 0 radical (unpaired) electrons. The number of amides is 1. The molecule has 0 N–H and O–H groups in total. The Bertz CT molecular complexity index is 792. The highest BCUT2D eigenvalue weighted by molar-refractivity contribution is 6.28. The summed E-state index contributed by atoms with van der Waals surface area (Å²) in [6.07, 6.45) is 2.51. The minimum atomic E-state index is -0.271. The summed E-state index contributed by atoms with van der Waals surface area (Å²) in [4.78, 5) is 25.3. The van der Waals surface area contributed by atoms with E-state index in [1.54, 1.807) is 4.90 Å². The average Bonchev–Trinajstić information content (AvgIpc) is 2.74. The van der Waals surface area contributed by atoms with Crippen LogP contribution in [0.4, 0.5) is 10.6 Å². The zero-order valence-corrected chi connectivity index (χ0v) is 17.3. The minimum absolute atomic E-state index is 0.271. The van der Waals surface area contributed by atoms with E-state index in [1.807, 2.05) is 30.3 Å². The number of benzene rings is 1. The number of carbonyl (C=O) groups excluding carboxylic acids is 1. The van der Waals surface area contributed by atoms with Crippen molar-refractivity contribution in [3.05, 3.63) is 52.4 Å². The smallest absolute Gasteiger partial charge is 0.410 e. The minimum Gasteiger partial charge on any atom is -0.445 e. The van der Waals surface area contributed by atoms with Gasteiger partial charge in [-0.15, -0.1) is 0 Å². The van der Waals surface area contributed by atoms with Crippen molar-refractivity contribution in [1.29, 1.82) is 0 Å². The van der Waals surface area contributed by atoms with Gasteiger partial charge < -0.3 is 14.5 Å². The maximum absolute atomic E-state index is 12.4. The molecule has 150 valence electrons. The maximum Gasteiger partial charge on any atom is 0.410 e. The highest BCUT2D eigenvalue weighted by Crippen LogP contribution is 2.26. The quantitative estimate of drug-likeness (QED) is 0.680. The lowest BCUT2D eigenvalue weighted by Gasteiger charge is -2.36. The standard InChI is InChI=1S/C21H27ClN4O2/c1-3-8-17-18(4-2)23-20(22)24-19(17)25-11-13-26(14-12-25)21(27)28-15-16-9-6-5-7-10-16/h5-7,9-10H,3-4,8,11-15H2,1-2H3. The molecule has 1 aromatic heterocycles. The van der Waals surface area contributed by atoms with Crippen molar-refractivity contribution < 1.29 is 9.53 Å². The second-order valence-electron chi connectivity index (χ2n) is 6.86. The molecule has 0 unspecified atom stereocenters. The molecule has 0 atom stereocenters. The van der Waals surface area contributed by atoms with E-state index in [2.05, 4.69) is 28.7 Å². The van der Waals surface area contributed by atoms with Gasteiger partial charge in [0.05, 0.1) is 5.69 Å². The number of hydrogen-bond donors (Lipinski definition) is 0. The molecule has 7 heteroatoms. The second-order valence-corrected chi connectivity index (χ2v) is 7.20. The van der Waals surface area contributed by atoms with Crippen molar-refractivity contribution in [2.75, 3.05) is 31.1 Å². The molecule has 0 spiro atoms. The molecule has 28 heavy (non-hydrogen) atoms. The van der Waals surface area contributed by atoms with E-state index in [0.29, 0.717) is 32.8 Å². The first kappa shape index (κ1) is 20.4. The van der Waals surface area contributed by atoms with Crippen LogP contribution < -0.4 is 4.90 Å². The number of carbonyl (C=O) groups is 1. The predicted octanol–water partition coefficient (Wildman–Crippen LogP) is 4.10. The van der Waals surface area contributed by atoms with Crippen molar-refractivity contribution in [3.63, 3.8) is 0 Å². The summed E-state index contributed by atoms with van der Waals surface area (Å²) in [6.45, 7) is 7.13. The largest absolute Gasteiger partial charge is 0.445 e. The van der Waals surface area contributed by atoms with Crippen LogP contribution in [0.5, 0.6) is 0 Å². The van der Waals surface area contributed by atoms with Gasteiger partial charge in [-0.2, -0.15) is 0 Å². The number of aromatic nitrogens is 2. The number of piperazine rings is 1. The molecule has 1 saturated heterocycles. The van der Waals surface area contributed by atoms with Gasteiger partial charge in [-0.25, -0.2) is 14.8 Å². The van der Waals surface area contributed by atoms with E-state index in [4.69, 9.17) is 16.3 Å². The Hall–Kier alpha value is -2.34. The first-order valence-electron chi connectivity index (χ1n) is 9.88. The first-order valence-corrected chi connectivity index (χ1v) is 10.3. The molecule has 2 aromatic rings. The molecule has 1 aromatic carbocycles. The Morgan fingerprint density at radius 2 is 1.82 bits per heavy atom. The summed E-state index contributed by atoms with van der Waals surface area (Å²) in [5, 5.41) is 0.288. The molecule has 2 heterocycles. The SMILES string of the molecule is CCCc1c(CC)nc(Cl)nc1N1CCN(C(=O)OCc2ccccc2)CC1. The Kier molecular flexibility index (Phi) is 7.09. The predicted molar refractivity (Wildman–Crippen MR) is 111 cm³/mol. The van der Waals surface area contributed by atoms with Crippen LogP contribution in [-0.4, -0.2) is 47.1 Å². The van der Waals surface area contributed by atoms with Gasteiger partial charge in [0.1, 0.15) is 12.4 Å². The van der Waals surface area contributed by atoms with Crippen molar-refractivity contribution in [2.24, 2.45) is 0 Å². The van der Waals surface area contributed by atoms with Crippen LogP contribution in [0.15, 0.2) is 30.3 Å². The average molecular weight is 403 g/mol. The summed E-state index contributed by atoms with van der Waals surface area (Å²) in [5.74, 6) is 0.913. The summed E-state index contributed by atoms with van der Waals surface area (Å²) >= 11 is 6.17. The van der Waals surface area contributed by atoms with E-state index in [-0.39, 0.29) is 11.4 Å². The lowest BCUT2D eigenvalue weighted by Crippen LogP contribution is -2.49. The fourth-order valence-corrected chi connectivity index (χ4v) is 3.64. The third kappa shape index (κ3) is 4.93. The van der Waals surface area contributed by atoms with Crippen LogP contribution in [-0.2, 0) is 24.2 Å². The molecular formula is C21H27ClN4O2. The maximum atomic E-state index is 12.4. The molecule has 1 amide bonds. The van der Waals surface area contributed by atoms with Crippen LogP contribution in [0.1, 0.15) is 37.1 Å². The lowest BCUT2D eigenvalue weighted by atomic mass is 10.1. The number of halogens is 1. The van der Waals surface area contributed by atoms with E-state index in [0.717, 1.165) is 36.3 Å². The highest BCUT2D eigenvalue weighted by atomic mass is 35.5. The molecule has 1 aliphatic rings. The van der Waals surface area contributed by atoms with Crippen molar-refractivity contribution in [3.8, 4) is 0 Å². The number of rotatable bonds is 6. The molecule has 0 saturated carbocycles. The fraction of sp³-hybridized carbons (Fsp3) is 0.476. The van der Waals surface area contributed by atoms with Crippen molar-refractivity contribution >= 4 is 23.5 Å². The highest BCUT2D eigenvalue weighted by Gasteiger charge is 2.25. The van der Waals surface area contributed by atoms with Crippen molar-refractivity contribution in [2.45, 2.75) is 39.7 Å². The summed E-state index contributed by atoms with van der Waals surface area (Å²) in [5.41, 5.74) is 3.18. The monoisotopic (exact) mass is 402 g/mol. The third-order valence-corrected chi connectivity index (χ3v) is 5.09. The summed E-state index contributed by atoms with van der Waals surface area (Å²) in [7, 11) is 0. The molecular weight excluding hydrogens is 376 g/mol. The van der Waals surface area contributed by atoms with Gasteiger partial charge in [0.25, 0.3) is 0 Å². The molecule has 3 rings (SSSR count). The molecule has 0 bridgehead atoms. The number of aryl methyl sites for hydroxylation is 1. The Morgan fingerprint density at radius 3 is 2.46 bits per heavy atom. The first-order chi connectivity index (χ1) is 13.6. The molecule has 6 nitrogen and oxygen atoms in total. The van der Waals surface area contributed by atoms with Gasteiger partial charge in [-0.05, 0) is 30.0 Å². The number of anilines is 1. The van der Waals surface area contributed by atoms with Crippen LogP contribution in [0.3, 0.4) is 0 Å². The lowest BCUT2D eigenvalue weighted by molar-refractivity contribution is 0.0941. The normalized spacial score (nSPS) is 14.2. The summed E-state index contributed by atoms with van der Waals surface area (Å²) < 4.78 is 5.45. The Morgan fingerprint density at radius 1 is 1.11 bits per heavy atom. The third-order valence-electron chi connectivity index (χ3n) is 4.92. The molecule has 1 fully saturated rings.